The molecule has 4 heteroatoms. The molecule has 4 nitrogen and oxygen atoms in total. The Kier molecular flexibility index (Phi) is 4.68. The molecule has 1 atom stereocenters. The van der Waals surface area contributed by atoms with E-state index in [0.29, 0.717) is 17.6 Å². The zero-order valence-electron chi connectivity index (χ0n) is 14.4. The minimum Gasteiger partial charge on any atom is -0.490 e. The third-order valence-electron chi connectivity index (χ3n) is 5.41. The Morgan fingerprint density at radius 1 is 1.04 bits per heavy atom. The first kappa shape index (κ1) is 16.1. The summed E-state index contributed by atoms with van der Waals surface area (Å²) in [4.78, 5) is 16.4. The molecule has 0 radical (unpaired) electrons. The van der Waals surface area contributed by atoms with Crippen LogP contribution in [-0.2, 0) is 6.42 Å². The Labute approximate surface area is 148 Å². The maximum atomic E-state index is 12.4. The van der Waals surface area contributed by atoms with E-state index in [-0.39, 0.29) is 5.91 Å². The summed E-state index contributed by atoms with van der Waals surface area (Å²) in [5, 5.41) is 2.91. The van der Waals surface area contributed by atoms with Crippen LogP contribution >= 0.6 is 0 Å². The second-order valence-electron chi connectivity index (χ2n) is 7.11. The number of ether oxygens (including phenoxy) is 1. The van der Waals surface area contributed by atoms with E-state index in [1.807, 2.05) is 18.2 Å². The molecule has 4 rings (SSSR count). The molecule has 1 aliphatic carbocycles. The second-order valence-corrected chi connectivity index (χ2v) is 7.11. The van der Waals surface area contributed by atoms with Crippen LogP contribution < -0.4 is 10.1 Å². The number of fused-ring (bicyclic) bond motifs is 1. The Balaban J connectivity index is 1.45. The van der Waals surface area contributed by atoms with Crippen molar-refractivity contribution in [2.24, 2.45) is 5.92 Å². The highest BCUT2D eigenvalue weighted by Crippen LogP contribution is 2.36. The summed E-state index contributed by atoms with van der Waals surface area (Å²) in [6.45, 7) is 0. The first-order valence-corrected chi connectivity index (χ1v) is 9.30. The number of aromatic nitrogens is 1. The zero-order chi connectivity index (χ0) is 17.1. The van der Waals surface area contributed by atoms with Crippen LogP contribution in [0.25, 0.3) is 0 Å². The fraction of sp³-hybridized carbons (Fsp3) is 0.429. The van der Waals surface area contributed by atoms with Gasteiger partial charge in [0.25, 0.3) is 5.91 Å². The van der Waals surface area contributed by atoms with E-state index in [9.17, 15) is 4.79 Å². The number of nitrogens with one attached hydrogen (secondary N) is 1. The van der Waals surface area contributed by atoms with E-state index < -0.39 is 0 Å². The largest absolute Gasteiger partial charge is 0.490 e. The fourth-order valence-electron chi connectivity index (χ4n) is 4.03. The fourth-order valence-corrected chi connectivity index (χ4v) is 4.03. The molecule has 1 N–H and O–H groups in total. The molecule has 1 aromatic heterocycles. The van der Waals surface area contributed by atoms with Crippen LogP contribution in [0, 0.1) is 5.92 Å². The van der Waals surface area contributed by atoms with Crippen LogP contribution in [0.3, 0.4) is 0 Å². The number of nitrogens with zero attached hydrogens (tertiary/aromatic N) is 1. The highest BCUT2D eigenvalue weighted by atomic mass is 16.5. The van der Waals surface area contributed by atoms with Crippen molar-refractivity contribution in [2.45, 2.75) is 51.0 Å². The minimum absolute atomic E-state index is 0.0941. The van der Waals surface area contributed by atoms with Crippen LogP contribution in [-0.4, -0.2) is 17.0 Å². The number of aryl methyl sites for hydroxylation is 1. The first-order chi connectivity index (χ1) is 12.3. The lowest BCUT2D eigenvalue weighted by atomic mass is 9.82. The van der Waals surface area contributed by atoms with Crippen molar-refractivity contribution in [2.75, 3.05) is 5.32 Å². The molecule has 1 fully saturated rings. The molecule has 1 unspecified atom stereocenters. The van der Waals surface area contributed by atoms with Crippen molar-refractivity contribution in [3.63, 3.8) is 0 Å². The lowest BCUT2D eigenvalue weighted by molar-refractivity contribution is 0.0878. The SMILES string of the molecule is O=C(Nc1ccncc1)c1ccc2c(c1)CCC(C1CCCCC1)O2. The number of rotatable bonds is 3. The summed E-state index contributed by atoms with van der Waals surface area (Å²) in [5.41, 5.74) is 2.58. The van der Waals surface area contributed by atoms with Gasteiger partial charge in [0.05, 0.1) is 0 Å². The van der Waals surface area contributed by atoms with Crippen molar-refractivity contribution in [1.29, 1.82) is 0 Å². The van der Waals surface area contributed by atoms with Gasteiger partial charge in [0, 0.05) is 23.6 Å². The quantitative estimate of drug-likeness (QED) is 0.890. The van der Waals surface area contributed by atoms with Crippen molar-refractivity contribution >= 4 is 11.6 Å². The summed E-state index contributed by atoms with van der Waals surface area (Å²) in [6, 6.07) is 9.37. The van der Waals surface area contributed by atoms with Gasteiger partial charge in [-0.3, -0.25) is 9.78 Å². The topological polar surface area (TPSA) is 51.2 Å². The van der Waals surface area contributed by atoms with Crippen molar-refractivity contribution in [1.82, 2.24) is 4.98 Å². The van der Waals surface area contributed by atoms with Gasteiger partial charge >= 0.3 is 0 Å². The molecule has 1 saturated carbocycles. The van der Waals surface area contributed by atoms with Crippen LogP contribution in [0.5, 0.6) is 5.75 Å². The molecule has 0 bridgehead atoms. The maximum Gasteiger partial charge on any atom is 0.255 e. The normalized spacial score (nSPS) is 20.4. The average molecular weight is 336 g/mol. The summed E-state index contributed by atoms with van der Waals surface area (Å²) < 4.78 is 6.28. The summed E-state index contributed by atoms with van der Waals surface area (Å²) in [5.74, 6) is 1.57. The van der Waals surface area contributed by atoms with Crippen LogP contribution in [0.1, 0.15) is 54.4 Å². The minimum atomic E-state index is -0.0941. The van der Waals surface area contributed by atoms with E-state index >= 15 is 0 Å². The van der Waals surface area contributed by atoms with Gasteiger partial charge in [0.2, 0.25) is 0 Å². The standard InChI is InChI=1S/C21H24N2O2/c24-21(23-18-10-12-22-13-11-18)17-7-9-20-16(14-17)6-8-19(25-20)15-4-2-1-3-5-15/h7,9-15,19H,1-6,8H2,(H,22,23,24). The highest BCUT2D eigenvalue weighted by molar-refractivity contribution is 6.04. The van der Waals surface area contributed by atoms with E-state index in [0.717, 1.165) is 29.8 Å². The molecule has 25 heavy (non-hydrogen) atoms. The van der Waals surface area contributed by atoms with Crippen molar-refractivity contribution < 1.29 is 9.53 Å². The molecule has 2 heterocycles. The Hall–Kier alpha value is -2.36. The highest BCUT2D eigenvalue weighted by Gasteiger charge is 2.29. The van der Waals surface area contributed by atoms with Gasteiger partial charge in [0.15, 0.2) is 0 Å². The third-order valence-corrected chi connectivity index (χ3v) is 5.41. The molecule has 0 saturated heterocycles. The predicted octanol–water partition coefficient (Wildman–Crippen LogP) is 4.61. The second kappa shape index (κ2) is 7.26. The Morgan fingerprint density at radius 2 is 1.84 bits per heavy atom. The molecular weight excluding hydrogens is 312 g/mol. The molecular formula is C21H24N2O2. The van der Waals surface area contributed by atoms with Gasteiger partial charge in [-0.05, 0) is 67.5 Å². The van der Waals surface area contributed by atoms with Gasteiger partial charge in [-0.15, -0.1) is 0 Å². The van der Waals surface area contributed by atoms with Gasteiger partial charge in [-0.25, -0.2) is 0 Å². The van der Waals surface area contributed by atoms with Crippen molar-refractivity contribution in [3.8, 4) is 5.75 Å². The monoisotopic (exact) mass is 336 g/mol. The zero-order valence-corrected chi connectivity index (χ0v) is 14.4. The summed E-state index contributed by atoms with van der Waals surface area (Å²) in [7, 11) is 0. The van der Waals surface area contributed by atoms with Gasteiger partial charge in [0.1, 0.15) is 11.9 Å². The molecule has 1 aromatic carbocycles. The van der Waals surface area contributed by atoms with Gasteiger partial charge < -0.3 is 10.1 Å². The number of anilines is 1. The average Bonchev–Trinajstić information content (AvgIpc) is 2.68. The lowest BCUT2D eigenvalue weighted by Gasteiger charge is -2.34. The molecule has 130 valence electrons. The predicted molar refractivity (Wildman–Crippen MR) is 97.9 cm³/mol. The number of carbonyl (C=O) groups is 1. The smallest absolute Gasteiger partial charge is 0.255 e. The number of carbonyl (C=O) groups excluding carboxylic acids is 1. The van der Waals surface area contributed by atoms with Crippen LogP contribution in [0.4, 0.5) is 5.69 Å². The number of amides is 1. The molecule has 0 spiro atoms. The van der Waals surface area contributed by atoms with E-state index in [1.54, 1.807) is 24.5 Å². The Bertz CT molecular complexity index is 739. The van der Waals surface area contributed by atoms with Gasteiger partial charge in [-0.1, -0.05) is 19.3 Å². The molecule has 1 amide bonds. The van der Waals surface area contributed by atoms with Crippen LogP contribution in [0.15, 0.2) is 42.7 Å². The van der Waals surface area contributed by atoms with E-state index in [1.165, 1.54) is 32.1 Å². The number of hydrogen-bond donors (Lipinski definition) is 1. The van der Waals surface area contributed by atoms with Crippen LogP contribution in [0.2, 0.25) is 0 Å². The number of benzene rings is 1. The van der Waals surface area contributed by atoms with Crippen molar-refractivity contribution in [3.05, 3.63) is 53.9 Å². The molecule has 2 aromatic rings. The first-order valence-electron chi connectivity index (χ1n) is 9.30. The summed E-state index contributed by atoms with van der Waals surface area (Å²) in [6.07, 6.45) is 12.4. The van der Waals surface area contributed by atoms with Gasteiger partial charge in [-0.2, -0.15) is 0 Å². The van der Waals surface area contributed by atoms with E-state index in [4.69, 9.17) is 4.74 Å². The third kappa shape index (κ3) is 3.68. The number of hydrogen-bond acceptors (Lipinski definition) is 3. The number of pyridine rings is 1. The molecule has 2 aliphatic rings. The summed E-state index contributed by atoms with van der Waals surface area (Å²) >= 11 is 0. The molecule has 1 aliphatic heterocycles. The Morgan fingerprint density at radius 3 is 2.64 bits per heavy atom. The lowest BCUT2D eigenvalue weighted by Crippen LogP contribution is -2.32. The maximum absolute atomic E-state index is 12.4. The van der Waals surface area contributed by atoms with E-state index in [2.05, 4.69) is 10.3 Å².